The molecule has 0 aromatic heterocycles. The molecule has 1 aromatic carbocycles. The van der Waals surface area contributed by atoms with Gasteiger partial charge in [0.2, 0.25) is 11.8 Å². The van der Waals surface area contributed by atoms with Crippen molar-refractivity contribution < 1.29 is 19.1 Å². The van der Waals surface area contributed by atoms with Crippen LogP contribution in [0.2, 0.25) is 0 Å². The molecule has 0 bridgehead atoms. The SMILES string of the molecule is COC(=O)c1ccc(CCC2CC(C#N)=C(OC)NC2=O)cc1. The maximum absolute atomic E-state index is 12.0. The van der Waals surface area contributed by atoms with Crippen molar-refractivity contribution in [1.82, 2.24) is 5.32 Å². The molecular weight excluding hydrogens is 296 g/mol. The molecule has 1 N–H and O–H groups in total. The fourth-order valence-corrected chi connectivity index (χ4v) is 2.49. The minimum Gasteiger partial charge on any atom is -0.482 e. The molecule has 2 rings (SSSR count). The number of aryl methyl sites for hydroxylation is 1. The van der Waals surface area contributed by atoms with Gasteiger partial charge in [-0.15, -0.1) is 0 Å². The van der Waals surface area contributed by atoms with Crippen LogP contribution in [0.3, 0.4) is 0 Å². The van der Waals surface area contributed by atoms with E-state index in [0.29, 0.717) is 30.4 Å². The smallest absolute Gasteiger partial charge is 0.337 e. The Balaban J connectivity index is 1.99. The summed E-state index contributed by atoms with van der Waals surface area (Å²) in [5.41, 5.74) is 1.97. The number of carbonyl (C=O) groups excluding carboxylic acids is 2. The number of ether oxygens (including phenoxy) is 2. The summed E-state index contributed by atoms with van der Waals surface area (Å²) >= 11 is 0. The van der Waals surface area contributed by atoms with Gasteiger partial charge in [-0.3, -0.25) is 10.1 Å². The number of carbonyl (C=O) groups is 2. The standard InChI is InChI=1S/C17H18N2O4/c1-22-16-14(10-18)9-13(15(20)19-16)8-5-11-3-6-12(7-4-11)17(21)23-2/h3-4,6-7,13H,5,8-9H2,1-2H3,(H,19,20). The number of nitrogens with zero attached hydrogens (tertiary/aromatic N) is 1. The summed E-state index contributed by atoms with van der Waals surface area (Å²) < 4.78 is 9.65. The quantitative estimate of drug-likeness (QED) is 0.839. The van der Waals surface area contributed by atoms with Crippen LogP contribution in [-0.4, -0.2) is 26.1 Å². The van der Waals surface area contributed by atoms with E-state index in [2.05, 4.69) is 16.1 Å². The molecule has 6 heteroatoms. The minimum absolute atomic E-state index is 0.132. The van der Waals surface area contributed by atoms with Crippen molar-refractivity contribution in [2.24, 2.45) is 5.92 Å². The number of allylic oxidation sites excluding steroid dienone is 1. The highest BCUT2D eigenvalue weighted by Gasteiger charge is 2.28. The third-order valence-electron chi connectivity index (χ3n) is 3.83. The second-order valence-electron chi connectivity index (χ2n) is 5.24. The van der Waals surface area contributed by atoms with Crippen molar-refractivity contribution in [3.63, 3.8) is 0 Å². The van der Waals surface area contributed by atoms with Gasteiger partial charge in [0.05, 0.1) is 25.4 Å². The van der Waals surface area contributed by atoms with Crippen LogP contribution >= 0.6 is 0 Å². The molecule has 6 nitrogen and oxygen atoms in total. The first-order valence-electron chi connectivity index (χ1n) is 7.24. The van der Waals surface area contributed by atoms with E-state index < -0.39 is 0 Å². The predicted octanol–water partition coefficient (Wildman–Crippen LogP) is 1.92. The van der Waals surface area contributed by atoms with E-state index in [1.54, 1.807) is 12.1 Å². The van der Waals surface area contributed by atoms with Crippen LogP contribution in [0.1, 0.15) is 28.8 Å². The summed E-state index contributed by atoms with van der Waals surface area (Å²) in [5, 5.41) is 11.7. The van der Waals surface area contributed by atoms with E-state index in [4.69, 9.17) is 10.00 Å². The Hall–Kier alpha value is -2.81. The Bertz CT molecular complexity index is 671. The van der Waals surface area contributed by atoms with Crippen LogP contribution in [0, 0.1) is 17.2 Å². The van der Waals surface area contributed by atoms with Crippen LogP contribution in [0.5, 0.6) is 0 Å². The molecule has 0 radical (unpaired) electrons. The molecule has 0 aliphatic carbocycles. The van der Waals surface area contributed by atoms with Gasteiger partial charge < -0.3 is 9.47 Å². The fourth-order valence-electron chi connectivity index (χ4n) is 2.49. The fraction of sp³-hybridized carbons (Fsp3) is 0.353. The molecule has 1 unspecified atom stereocenters. The lowest BCUT2D eigenvalue weighted by atomic mass is 9.90. The lowest BCUT2D eigenvalue weighted by molar-refractivity contribution is -0.126. The highest BCUT2D eigenvalue weighted by molar-refractivity contribution is 5.89. The van der Waals surface area contributed by atoms with Crippen molar-refractivity contribution in [3.05, 3.63) is 46.8 Å². The van der Waals surface area contributed by atoms with Gasteiger partial charge in [-0.25, -0.2) is 4.79 Å². The lowest BCUT2D eigenvalue weighted by Crippen LogP contribution is -2.36. The minimum atomic E-state index is -0.376. The van der Waals surface area contributed by atoms with Gasteiger partial charge >= 0.3 is 5.97 Å². The predicted molar refractivity (Wildman–Crippen MR) is 82.0 cm³/mol. The van der Waals surface area contributed by atoms with E-state index in [0.717, 1.165) is 5.56 Å². The first-order valence-corrected chi connectivity index (χ1v) is 7.24. The zero-order chi connectivity index (χ0) is 16.8. The maximum Gasteiger partial charge on any atom is 0.337 e. The molecule has 0 fully saturated rings. The first kappa shape index (κ1) is 16.6. The monoisotopic (exact) mass is 314 g/mol. The number of amides is 1. The molecule has 120 valence electrons. The Morgan fingerprint density at radius 3 is 2.61 bits per heavy atom. The van der Waals surface area contributed by atoms with E-state index >= 15 is 0 Å². The second-order valence-corrected chi connectivity index (χ2v) is 5.24. The first-order chi connectivity index (χ1) is 11.1. The maximum atomic E-state index is 12.0. The Morgan fingerprint density at radius 2 is 2.04 bits per heavy atom. The van der Waals surface area contributed by atoms with Gasteiger partial charge in [0.15, 0.2) is 0 Å². The van der Waals surface area contributed by atoms with Crippen LogP contribution < -0.4 is 5.32 Å². The zero-order valence-electron chi connectivity index (χ0n) is 13.1. The second kappa shape index (κ2) is 7.45. The van der Waals surface area contributed by atoms with E-state index in [1.807, 2.05) is 12.1 Å². The van der Waals surface area contributed by atoms with Gasteiger partial charge in [-0.2, -0.15) is 5.26 Å². The number of esters is 1. The van der Waals surface area contributed by atoms with Crippen LogP contribution in [-0.2, 0) is 20.7 Å². The van der Waals surface area contributed by atoms with E-state index in [9.17, 15) is 9.59 Å². The molecule has 0 spiro atoms. The largest absolute Gasteiger partial charge is 0.482 e. The molecule has 1 amide bonds. The van der Waals surface area contributed by atoms with Gasteiger partial charge in [-0.05, 0) is 37.0 Å². The van der Waals surface area contributed by atoms with Crippen molar-refractivity contribution >= 4 is 11.9 Å². The Morgan fingerprint density at radius 1 is 1.35 bits per heavy atom. The third-order valence-corrected chi connectivity index (χ3v) is 3.83. The lowest BCUT2D eigenvalue weighted by Gasteiger charge is -2.23. The van der Waals surface area contributed by atoms with E-state index in [-0.39, 0.29) is 23.7 Å². The number of hydrogen-bond donors (Lipinski definition) is 1. The molecule has 0 saturated carbocycles. The molecule has 1 heterocycles. The number of methoxy groups -OCH3 is 2. The van der Waals surface area contributed by atoms with Crippen molar-refractivity contribution in [3.8, 4) is 6.07 Å². The molecule has 1 atom stereocenters. The molecular formula is C17H18N2O4. The number of rotatable bonds is 5. The van der Waals surface area contributed by atoms with Gasteiger partial charge in [-0.1, -0.05) is 12.1 Å². The number of nitrogens with one attached hydrogen (secondary N) is 1. The highest BCUT2D eigenvalue weighted by atomic mass is 16.5. The molecule has 1 aliphatic rings. The van der Waals surface area contributed by atoms with Crippen molar-refractivity contribution in [2.75, 3.05) is 14.2 Å². The Kier molecular flexibility index (Phi) is 5.36. The summed E-state index contributed by atoms with van der Waals surface area (Å²) in [7, 11) is 2.77. The Labute approximate surface area is 134 Å². The van der Waals surface area contributed by atoms with Crippen LogP contribution in [0.4, 0.5) is 0 Å². The van der Waals surface area contributed by atoms with Crippen molar-refractivity contribution in [1.29, 1.82) is 5.26 Å². The summed E-state index contributed by atoms with van der Waals surface area (Å²) in [6, 6.07) is 9.15. The van der Waals surface area contributed by atoms with Gasteiger partial charge in [0.25, 0.3) is 0 Å². The third kappa shape index (κ3) is 3.89. The summed E-state index contributed by atoms with van der Waals surface area (Å²) in [5.74, 6) is -0.522. The number of nitriles is 1. The molecule has 23 heavy (non-hydrogen) atoms. The molecule has 1 aliphatic heterocycles. The normalized spacial score (nSPS) is 17.3. The average Bonchev–Trinajstić information content (AvgIpc) is 2.60. The van der Waals surface area contributed by atoms with Crippen molar-refractivity contribution in [2.45, 2.75) is 19.3 Å². The molecule has 1 aromatic rings. The van der Waals surface area contributed by atoms with Gasteiger partial charge in [0, 0.05) is 5.92 Å². The summed E-state index contributed by atoms with van der Waals surface area (Å²) in [4.78, 5) is 23.4. The summed E-state index contributed by atoms with van der Waals surface area (Å²) in [6.45, 7) is 0. The summed E-state index contributed by atoms with van der Waals surface area (Å²) in [6.07, 6.45) is 1.68. The van der Waals surface area contributed by atoms with Crippen LogP contribution in [0.15, 0.2) is 35.7 Å². The molecule has 0 saturated heterocycles. The van der Waals surface area contributed by atoms with Gasteiger partial charge in [0.1, 0.15) is 6.07 Å². The zero-order valence-corrected chi connectivity index (χ0v) is 13.1. The highest BCUT2D eigenvalue weighted by Crippen LogP contribution is 2.24. The van der Waals surface area contributed by atoms with E-state index in [1.165, 1.54) is 14.2 Å². The number of hydrogen-bond acceptors (Lipinski definition) is 5. The van der Waals surface area contributed by atoms with Crippen LogP contribution in [0.25, 0.3) is 0 Å². The number of benzene rings is 1. The average molecular weight is 314 g/mol. The topological polar surface area (TPSA) is 88.4 Å².